The Hall–Kier alpha value is -2.83. The molecule has 4 rings (SSSR count). The lowest BCUT2D eigenvalue weighted by Crippen LogP contribution is -2.47. The molecule has 0 radical (unpaired) electrons. The molecule has 5 nitrogen and oxygen atoms in total. The Bertz CT molecular complexity index is 955. The molecule has 30 heavy (non-hydrogen) atoms. The minimum absolute atomic E-state index is 0.000576. The summed E-state index contributed by atoms with van der Waals surface area (Å²) in [7, 11) is 0. The monoisotopic (exact) mass is 414 g/mol. The summed E-state index contributed by atoms with van der Waals surface area (Å²) in [4.78, 5) is 30.6. The van der Waals surface area contributed by atoms with Crippen molar-refractivity contribution in [1.82, 2.24) is 9.88 Å². The molecule has 2 aromatic rings. The number of ketones is 1. The Morgan fingerprint density at radius 1 is 1.20 bits per heavy atom. The molecule has 2 aliphatic rings. The van der Waals surface area contributed by atoms with Gasteiger partial charge in [-0.3, -0.25) is 9.78 Å². The van der Waals surface area contributed by atoms with Crippen LogP contribution < -0.4 is 0 Å². The van der Waals surface area contributed by atoms with Crippen molar-refractivity contribution in [3.05, 3.63) is 53.9 Å². The summed E-state index contributed by atoms with van der Waals surface area (Å²) < 4.78 is 32.3. The zero-order chi connectivity index (χ0) is 21.5. The number of rotatable bonds is 5. The van der Waals surface area contributed by atoms with Crippen LogP contribution in [0.25, 0.3) is 11.1 Å². The quantitative estimate of drug-likeness (QED) is 0.721. The van der Waals surface area contributed by atoms with Gasteiger partial charge < -0.3 is 9.64 Å². The van der Waals surface area contributed by atoms with Crippen LogP contribution in [-0.2, 0) is 16.0 Å². The molecule has 0 aliphatic carbocycles. The van der Waals surface area contributed by atoms with Gasteiger partial charge in [-0.25, -0.2) is 13.6 Å². The SMILES string of the molecule is CC1(C)OC(=O)N2CC[C@@H](CC(=O)Cc3ccc(-c4cc(F)cc(F)c4)cn3)C[C@H]21. The van der Waals surface area contributed by atoms with Crippen molar-refractivity contribution in [3.63, 3.8) is 0 Å². The maximum absolute atomic E-state index is 13.4. The number of Topliss-reactive ketones (excluding diaryl/α,β-unsaturated/α-hetero) is 1. The van der Waals surface area contributed by atoms with E-state index in [0.29, 0.717) is 29.8 Å². The van der Waals surface area contributed by atoms with E-state index in [4.69, 9.17) is 4.74 Å². The van der Waals surface area contributed by atoms with Crippen LogP contribution in [0.5, 0.6) is 0 Å². The van der Waals surface area contributed by atoms with Crippen molar-refractivity contribution in [2.75, 3.05) is 6.54 Å². The first kappa shape index (κ1) is 20.4. The number of ether oxygens (including phenoxy) is 1. The molecule has 0 spiro atoms. The first-order valence-electron chi connectivity index (χ1n) is 10.1. The number of piperidine rings is 1. The molecule has 0 N–H and O–H groups in total. The van der Waals surface area contributed by atoms with Gasteiger partial charge in [-0.05, 0) is 56.4 Å². The van der Waals surface area contributed by atoms with Gasteiger partial charge in [-0.15, -0.1) is 0 Å². The van der Waals surface area contributed by atoms with Crippen LogP contribution >= 0.6 is 0 Å². The zero-order valence-electron chi connectivity index (χ0n) is 17.0. The topological polar surface area (TPSA) is 59.5 Å². The van der Waals surface area contributed by atoms with E-state index in [1.165, 1.54) is 18.3 Å². The predicted molar refractivity (Wildman–Crippen MR) is 107 cm³/mol. The van der Waals surface area contributed by atoms with Gasteiger partial charge in [0.25, 0.3) is 0 Å². The van der Waals surface area contributed by atoms with E-state index in [9.17, 15) is 18.4 Å². The molecular weight excluding hydrogens is 390 g/mol. The average molecular weight is 414 g/mol. The smallest absolute Gasteiger partial charge is 0.410 e. The number of hydrogen-bond acceptors (Lipinski definition) is 4. The molecule has 7 heteroatoms. The highest BCUT2D eigenvalue weighted by Gasteiger charge is 2.50. The third-order valence-electron chi connectivity index (χ3n) is 6.01. The summed E-state index contributed by atoms with van der Waals surface area (Å²) in [6, 6.07) is 6.74. The second-order valence-electron chi connectivity index (χ2n) is 8.69. The highest BCUT2D eigenvalue weighted by Crippen LogP contribution is 2.38. The maximum Gasteiger partial charge on any atom is 0.410 e. The van der Waals surface area contributed by atoms with Gasteiger partial charge in [0.05, 0.1) is 6.04 Å². The van der Waals surface area contributed by atoms with Crippen molar-refractivity contribution in [2.45, 2.75) is 51.2 Å². The highest BCUT2D eigenvalue weighted by molar-refractivity contribution is 5.81. The molecule has 2 saturated heterocycles. The van der Waals surface area contributed by atoms with E-state index in [1.54, 1.807) is 17.0 Å². The highest BCUT2D eigenvalue weighted by atomic mass is 19.1. The van der Waals surface area contributed by atoms with Gasteiger partial charge >= 0.3 is 6.09 Å². The molecule has 0 unspecified atom stereocenters. The lowest BCUT2D eigenvalue weighted by molar-refractivity contribution is -0.119. The van der Waals surface area contributed by atoms with Crippen molar-refractivity contribution in [1.29, 1.82) is 0 Å². The number of benzene rings is 1. The van der Waals surface area contributed by atoms with Crippen molar-refractivity contribution in [3.8, 4) is 11.1 Å². The third-order valence-corrected chi connectivity index (χ3v) is 6.01. The molecule has 158 valence electrons. The van der Waals surface area contributed by atoms with E-state index >= 15 is 0 Å². The van der Waals surface area contributed by atoms with Crippen molar-refractivity contribution in [2.24, 2.45) is 5.92 Å². The zero-order valence-corrected chi connectivity index (χ0v) is 17.0. The largest absolute Gasteiger partial charge is 0.441 e. The summed E-state index contributed by atoms with van der Waals surface area (Å²) in [5.74, 6) is -0.990. The van der Waals surface area contributed by atoms with Crippen LogP contribution in [0.1, 0.15) is 38.8 Å². The summed E-state index contributed by atoms with van der Waals surface area (Å²) in [5, 5.41) is 0. The van der Waals surface area contributed by atoms with E-state index in [1.807, 2.05) is 13.8 Å². The molecular formula is C23H24F2N2O3. The van der Waals surface area contributed by atoms with Crippen LogP contribution in [0.4, 0.5) is 13.6 Å². The van der Waals surface area contributed by atoms with Gasteiger partial charge in [0.1, 0.15) is 23.0 Å². The minimum Gasteiger partial charge on any atom is -0.441 e. The Kier molecular flexibility index (Phi) is 5.30. The van der Waals surface area contributed by atoms with Gasteiger partial charge in [0, 0.05) is 42.9 Å². The van der Waals surface area contributed by atoms with E-state index in [-0.39, 0.29) is 30.3 Å². The van der Waals surface area contributed by atoms with Crippen molar-refractivity contribution >= 4 is 11.9 Å². The summed E-state index contributed by atoms with van der Waals surface area (Å²) in [6.45, 7) is 4.44. The molecule has 3 heterocycles. The molecule has 0 saturated carbocycles. The molecule has 0 bridgehead atoms. The number of cyclic esters (lactones) is 1. The van der Waals surface area contributed by atoms with E-state index in [0.717, 1.165) is 18.9 Å². The first-order valence-corrected chi connectivity index (χ1v) is 10.1. The molecule has 2 aliphatic heterocycles. The molecule has 1 aromatic heterocycles. The number of amides is 1. The Morgan fingerprint density at radius 3 is 2.60 bits per heavy atom. The van der Waals surface area contributed by atoms with Gasteiger partial charge in [0.2, 0.25) is 0 Å². The fourth-order valence-electron chi connectivity index (χ4n) is 4.47. The summed E-state index contributed by atoms with van der Waals surface area (Å²) in [6.07, 6.45) is 3.44. The fraction of sp³-hybridized carbons (Fsp3) is 0.435. The number of carbonyl (C=O) groups excluding carboxylic acids is 2. The van der Waals surface area contributed by atoms with Gasteiger partial charge in [-0.1, -0.05) is 6.07 Å². The molecule has 2 atom stereocenters. The van der Waals surface area contributed by atoms with Gasteiger partial charge in [-0.2, -0.15) is 0 Å². The Labute approximate surface area is 174 Å². The summed E-state index contributed by atoms with van der Waals surface area (Å²) in [5.41, 5.74) is 1.08. The summed E-state index contributed by atoms with van der Waals surface area (Å²) >= 11 is 0. The first-order chi connectivity index (χ1) is 14.2. The number of hydrogen-bond donors (Lipinski definition) is 0. The number of aromatic nitrogens is 1. The van der Waals surface area contributed by atoms with Gasteiger partial charge in [0.15, 0.2) is 0 Å². The van der Waals surface area contributed by atoms with Crippen LogP contribution in [0.2, 0.25) is 0 Å². The number of nitrogens with zero attached hydrogens (tertiary/aromatic N) is 2. The minimum atomic E-state index is -0.646. The third kappa shape index (κ3) is 4.20. The predicted octanol–water partition coefficient (Wildman–Crippen LogP) is 4.54. The number of halogens is 2. The standard InChI is InChI=1S/C23H24F2N2O3/c1-23(2)21-8-14(5-6-27(21)22(29)30-23)7-20(28)12-19-4-3-15(13-26-19)16-9-17(24)11-18(25)10-16/h3-4,9-11,13-14,21H,5-8,12H2,1-2H3/t14-,21-/m0/s1. The van der Waals surface area contributed by atoms with Crippen LogP contribution in [-0.4, -0.2) is 39.9 Å². The Morgan fingerprint density at radius 2 is 1.93 bits per heavy atom. The lowest BCUT2D eigenvalue weighted by Gasteiger charge is -2.36. The van der Waals surface area contributed by atoms with Crippen molar-refractivity contribution < 1.29 is 23.1 Å². The molecule has 1 aromatic carbocycles. The number of carbonyl (C=O) groups is 2. The maximum atomic E-state index is 13.4. The second kappa shape index (κ2) is 7.78. The average Bonchev–Trinajstić information content (AvgIpc) is 2.90. The lowest BCUT2D eigenvalue weighted by atomic mass is 9.81. The fourth-order valence-corrected chi connectivity index (χ4v) is 4.47. The van der Waals surface area contributed by atoms with Crippen LogP contribution in [0.3, 0.4) is 0 Å². The second-order valence-corrected chi connectivity index (χ2v) is 8.69. The van der Waals surface area contributed by atoms with Crippen LogP contribution in [0, 0.1) is 17.6 Å². The van der Waals surface area contributed by atoms with E-state index in [2.05, 4.69) is 4.98 Å². The molecule has 2 fully saturated rings. The number of fused-ring (bicyclic) bond motifs is 1. The Balaban J connectivity index is 1.36. The van der Waals surface area contributed by atoms with Crippen LogP contribution in [0.15, 0.2) is 36.5 Å². The normalized spacial score (nSPS) is 22.5. The molecule has 1 amide bonds. The van der Waals surface area contributed by atoms with E-state index < -0.39 is 17.2 Å². The number of pyridine rings is 1.